The maximum atomic E-state index is 13.7. The molecule has 14 nitrogen and oxygen atoms in total. The van der Waals surface area contributed by atoms with Crippen LogP contribution < -0.4 is 16.0 Å². The molecule has 7 rings (SSSR count). The summed E-state index contributed by atoms with van der Waals surface area (Å²) in [4.78, 5) is 69.5. The summed E-state index contributed by atoms with van der Waals surface area (Å²) in [5.74, 6) is 1.15. The van der Waals surface area contributed by atoms with Gasteiger partial charge in [-0.2, -0.15) is 0 Å². The van der Waals surface area contributed by atoms with Gasteiger partial charge in [-0.1, -0.05) is 76.6 Å². The quantitative estimate of drug-likeness (QED) is 0.116. The van der Waals surface area contributed by atoms with Crippen molar-refractivity contribution in [2.24, 2.45) is 11.8 Å². The summed E-state index contributed by atoms with van der Waals surface area (Å²) >= 11 is 0. The molecule has 0 bridgehead atoms. The van der Waals surface area contributed by atoms with Gasteiger partial charge in [0.1, 0.15) is 23.7 Å². The van der Waals surface area contributed by atoms with Crippen LogP contribution in [0.5, 0.6) is 0 Å². The number of aromatic nitrogens is 4. The van der Waals surface area contributed by atoms with Crippen molar-refractivity contribution in [3.8, 4) is 33.6 Å². The van der Waals surface area contributed by atoms with Crippen molar-refractivity contribution < 1.29 is 28.7 Å². The van der Waals surface area contributed by atoms with E-state index >= 15 is 0 Å². The van der Waals surface area contributed by atoms with E-state index in [2.05, 4.69) is 68.4 Å². The number of amides is 4. The van der Waals surface area contributed by atoms with Crippen LogP contribution in [0.1, 0.15) is 94.7 Å². The Morgan fingerprint density at radius 2 is 1.47 bits per heavy atom. The van der Waals surface area contributed by atoms with Gasteiger partial charge in [-0.25, -0.2) is 19.6 Å². The van der Waals surface area contributed by atoms with Crippen LogP contribution in [0.25, 0.3) is 33.6 Å². The Kier molecular flexibility index (Phi) is 11.7. The first-order chi connectivity index (χ1) is 27.4. The van der Waals surface area contributed by atoms with Crippen LogP contribution in [0.15, 0.2) is 48.7 Å². The summed E-state index contributed by atoms with van der Waals surface area (Å²) in [6.45, 7) is 8.23. The SMILES string of the molecule is COC(=O)N[C@H](C(=O)N[C@@H]1CCC[C@H]1c1ncc(-c2ccc(-c3ccc4c(c3)CCc3[nH]c([C@@H]5CCCN5C(=O)[C@@H](NC(=O)OC)C(C)C)nc3-4)cc2)[nH]1)C(C)C. The molecule has 3 heterocycles. The summed E-state index contributed by atoms with van der Waals surface area (Å²) in [5.41, 5.74) is 8.53. The number of nitrogens with zero attached hydrogens (tertiary/aromatic N) is 3. The number of methoxy groups -OCH3 is 2. The maximum absolute atomic E-state index is 13.7. The zero-order valence-corrected chi connectivity index (χ0v) is 33.6. The summed E-state index contributed by atoms with van der Waals surface area (Å²) in [5, 5.41) is 8.55. The number of benzene rings is 2. The van der Waals surface area contributed by atoms with Crippen LogP contribution >= 0.6 is 0 Å². The van der Waals surface area contributed by atoms with E-state index < -0.39 is 24.3 Å². The molecule has 0 unspecified atom stereocenters. The highest BCUT2D eigenvalue weighted by Gasteiger charge is 2.39. The molecule has 0 radical (unpaired) electrons. The molecule has 14 heteroatoms. The van der Waals surface area contributed by atoms with Crippen molar-refractivity contribution in [2.75, 3.05) is 20.8 Å². The molecule has 3 aliphatic rings. The number of ether oxygens (including phenoxy) is 2. The second-order valence-corrected chi connectivity index (χ2v) is 16.1. The second-order valence-electron chi connectivity index (χ2n) is 16.1. The number of carbonyl (C=O) groups excluding carboxylic acids is 4. The van der Waals surface area contributed by atoms with Gasteiger partial charge >= 0.3 is 12.2 Å². The Morgan fingerprint density at radius 1 is 0.789 bits per heavy atom. The van der Waals surface area contributed by atoms with Gasteiger partial charge in [0.2, 0.25) is 11.8 Å². The lowest BCUT2D eigenvalue weighted by molar-refractivity contribution is -0.135. The van der Waals surface area contributed by atoms with Gasteiger partial charge in [0.25, 0.3) is 0 Å². The molecule has 1 aliphatic heterocycles. The third-order valence-electron chi connectivity index (χ3n) is 11.8. The molecule has 2 aromatic heterocycles. The van der Waals surface area contributed by atoms with Crippen LogP contribution in [0, 0.1) is 11.8 Å². The Bertz CT molecular complexity index is 2110. The summed E-state index contributed by atoms with van der Waals surface area (Å²) < 4.78 is 9.52. The van der Waals surface area contributed by atoms with Gasteiger partial charge in [0.05, 0.1) is 37.8 Å². The molecule has 57 heavy (non-hydrogen) atoms. The topological polar surface area (TPSA) is 183 Å². The monoisotopic (exact) mass is 778 g/mol. The molecule has 5 N–H and O–H groups in total. The highest BCUT2D eigenvalue weighted by molar-refractivity contribution is 5.87. The normalized spacial score (nSPS) is 19.8. The van der Waals surface area contributed by atoms with Crippen molar-refractivity contribution in [3.05, 3.63) is 71.6 Å². The first-order valence-electron chi connectivity index (χ1n) is 20.1. The van der Waals surface area contributed by atoms with Crippen molar-refractivity contribution in [1.82, 2.24) is 40.8 Å². The smallest absolute Gasteiger partial charge is 0.407 e. The number of aryl methyl sites for hydroxylation is 2. The number of aromatic amines is 2. The minimum absolute atomic E-state index is 0.0432. The number of alkyl carbamates (subject to hydrolysis) is 2. The van der Waals surface area contributed by atoms with E-state index in [1.807, 2.05) is 38.8 Å². The molecule has 2 aliphatic carbocycles. The van der Waals surface area contributed by atoms with E-state index in [-0.39, 0.29) is 41.7 Å². The van der Waals surface area contributed by atoms with E-state index in [9.17, 15) is 19.2 Å². The van der Waals surface area contributed by atoms with Crippen molar-refractivity contribution in [3.63, 3.8) is 0 Å². The number of hydrogen-bond donors (Lipinski definition) is 5. The number of likely N-dealkylation sites (tertiary alicyclic amines) is 1. The fourth-order valence-electron chi connectivity index (χ4n) is 8.62. The zero-order chi connectivity index (χ0) is 40.4. The molecule has 302 valence electrons. The molecule has 1 saturated heterocycles. The van der Waals surface area contributed by atoms with Crippen LogP contribution in [0.3, 0.4) is 0 Å². The van der Waals surface area contributed by atoms with Crippen molar-refractivity contribution >= 4 is 24.0 Å². The number of imidazole rings is 2. The lowest BCUT2D eigenvalue weighted by Gasteiger charge is -2.30. The number of nitrogens with one attached hydrogen (secondary N) is 5. The Hall–Kier alpha value is -5.66. The van der Waals surface area contributed by atoms with E-state index in [0.29, 0.717) is 6.54 Å². The highest BCUT2D eigenvalue weighted by Crippen LogP contribution is 2.39. The van der Waals surface area contributed by atoms with Crippen LogP contribution in [0.4, 0.5) is 9.59 Å². The lowest BCUT2D eigenvalue weighted by atomic mass is 9.89. The van der Waals surface area contributed by atoms with E-state index in [0.717, 1.165) is 95.9 Å². The predicted molar refractivity (Wildman–Crippen MR) is 215 cm³/mol. The number of carbonyl (C=O) groups is 4. The standard InChI is InChI=1S/C43H54N8O6/c1-23(2)35(49-42(54)56-5)40(52)47-31-10-7-9-30(31)38-44-22-33(46-38)26-14-12-25(13-15-26)27-16-18-29-28(21-27)17-19-32-37(29)48-39(45-32)34-11-8-20-51(34)41(53)36(24(3)4)50-43(55)57-6/h12-16,18,21-24,30-31,34-36H,7-11,17,19-20H2,1-6H3,(H,44,46)(H,45,48)(H,47,52)(H,49,54)(H,50,55)/t30-,31-,34+,35+,36+/m1/s1. The van der Waals surface area contributed by atoms with Crippen molar-refractivity contribution in [2.45, 2.75) is 103 Å². The Labute approximate surface area is 333 Å². The lowest BCUT2D eigenvalue weighted by Crippen LogP contribution is -2.52. The molecule has 4 amide bonds. The molecule has 5 atom stereocenters. The summed E-state index contributed by atoms with van der Waals surface area (Å²) in [7, 11) is 2.59. The minimum Gasteiger partial charge on any atom is -0.453 e. The fraction of sp³-hybridized carbons (Fsp3) is 0.488. The third kappa shape index (κ3) is 8.26. The van der Waals surface area contributed by atoms with Gasteiger partial charge in [-0.15, -0.1) is 0 Å². The number of rotatable bonds is 11. The molecule has 0 spiro atoms. The van der Waals surface area contributed by atoms with Gasteiger partial charge < -0.3 is 40.3 Å². The highest BCUT2D eigenvalue weighted by atomic mass is 16.5. The largest absolute Gasteiger partial charge is 0.453 e. The number of fused-ring (bicyclic) bond motifs is 3. The average Bonchev–Trinajstić information content (AvgIpc) is 4.05. The molecular weight excluding hydrogens is 725 g/mol. The van der Waals surface area contributed by atoms with Gasteiger partial charge in [0.15, 0.2) is 0 Å². The van der Waals surface area contributed by atoms with Crippen molar-refractivity contribution in [1.29, 1.82) is 0 Å². The second kappa shape index (κ2) is 16.8. The summed E-state index contributed by atoms with van der Waals surface area (Å²) in [6.07, 6.45) is 6.70. The van der Waals surface area contributed by atoms with Gasteiger partial charge in [-0.3, -0.25) is 9.59 Å². The van der Waals surface area contributed by atoms with Crippen LogP contribution in [-0.4, -0.2) is 87.7 Å². The molecule has 2 aromatic carbocycles. The van der Waals surface area contributed by atoms with E-state index in [1.54, 1.807) is 0 Å². The Morgan fingerprint density at radius 3 is 2.18 bits per heavy atom. The molecular formula is C43H54N8O6. The Balaban J connectivity index is 1.03. The van der Waals surface area contributed by atoms with Gasteiger partial charge in [0, 0.05) is 29.8 Å². The maximum Gasteiger partial charge on any atom is 0.407 e. The predicted octanol–water partition coefficient (Wildman–Crippen LogP) is 6.41. The van der Waals surface area contributed by atoms with Gasteiger partial charge in [-0.05, 0) is 72.6 Å². The average molecular weight is 779 g/mol. The van der Waals surface area contributed by atoms with Crippen LogP contribution in [0.2, 0.25) is 0 Å². The van der Waals surface area contributed by atoms with Crippen LogP contribution in [-0.2, 0) is 31.9 Å². The third-order valence-corrected chi connectivity index (χ3v) is 11.8. The van der Waals surface area contributed by atoms with E-state index in [4.69, 9.17) is 19.4 Å². The molecule has 2 fully saturated rings. The zero-order valence-electron chi connectivity index (χ0n) is 33.6. The van der Waals surface area contributed by atoms with E-state index in [1.165, 1.54) is 19.8 Å². The first kappa shape index (κ1) is 39.6. The minimum atomic E-state index is -0.690. The fourth-order valence-corrected chi connectivity index (χ4v) is 8.62. The molecule has 1 saturated carbocycles. The number of hydrogen-bond acceptors (Lipinski definition) is 8. The summed E-state index contributed by atoms with van der Waals surface area (Å²) in [6, 6.07) is 13.4. The first-order valence-corrected chi connectivity index (χ1v) is 20.1. The molecule has 4 aromatic rings. The number of H-pyrrole nitrogens is 2.